The first-order chi connectivity index (χ1) is 8.84. The number of sulfonamides is 1. The van der Waals surface area contributed by atoms with E-state index in [1.165, 1.54) is 0 Å². The molecule has 0 saturated carbocycles. The maximum absolute atomic E-state index is 12.7. The standard InChI is InChI=1S/C14H22N2O2S/c1-12-6-4-5-7-13(12)10-16-9-8-15-11-14(2,3)19(16,17)18/h4-7,15H,8-11H2,1-3H3. The van der Waals surface area contributed by atoms with Crippen molar-refractivity contribution in [3.05, 3.63) is 35.4 Å². The minimum atomic E-state index is -3.28. The van der Waals surface area contributed by atoms with Gasteiger partial charge in [-0.1, -0.05) is 24.3 Å². The SMILES string of the molecule is Cc1ccccc1CN1CCNCC(C)(C)S1(=O)=O. The first-order valence-electron chi connectivity index (χ1n) is 6.59. The van der Waals surface area contributed by atoms with Crippen LogP contribution in [0.1, 0.15) is 25.0 Å². The molecule has 4 nitrogen and oxygen atoms in total. The highest BCUT2D eigenvalue weighted by atomic mass is 32.2. The number of benzene rings is 1. The zero-order chi connectivity index (χ0) is 14.1. The van der Waals surface area contributed by atoms with Crippen molar-refractivity contribution in [3.8, 4) is 0 Å². The molecule has 0 bridgehead atoms. The monoisotopic (exact) mass is 282 g/mol. The minimum Gasteiger partial charge on any atom is -0.314 e. The normalized spacial score (nSPS) is 22.9. The Hall–Kier alpha value is -0.910. The van der Waals surface area contributed by atoms with Crippen molar-refractivity contribution in [2.45, 2.75) is 32.1 Å². The second-order valence-corrected chi connectivity index (χ2v) is 8.27. The molecule has 1 N–H and O–H groups in total. The van der Waals surface area contributed by atoms with E-state index in [0.717, 1.165) is 11.1 Å². The zero-order valence-electron chi connectivity index (χ0n) is 11.8. The molecule has 0 radical (unpaired) electrons. The van der Waals surface area contributed by atoms with Crippen LogP contribution in [0.3, 0.4) is 0 Å². The van der Waals surface area contributed by atoms with Crippen LogP contribution >= 0.6 is 0 Å². The molecule has 1 aromatic rings. The Morgan fingerprint density at radius 1 is 1.32 bits per heavy atom. The molecule has 0 aliphatic carbocycles. The fourth-order valence-corrected chi connectivity index (χ4v) is 3.92. The molecule has 0 atom stereocenters. The Labute approximate surface area is 115 Å². The van der Waals surface area contributed by atoms with Crippen molar-refractivity contribution in [3.63, 3.8) is 0 Å². The van der Waals surface area contributed by atoms with Crippen LogP contribution in [0.25, 0.3) is 0 Å². The maximum Gasteiger partial charge on any atom is 0.220 e. The first-order valence-corrected chi connectivity index (χ1v) is 8.03. The van der Waals surface area contributed by atoms with Gasteiger partial charge in [0, 0.05) is 26.2 Å². The average molecular weight is 282 g/mol. The fourth-order valence-electron chi connectivity index (χ4n) is 2.30. The summed E-state index contributed by atoms with van der Waals surface area (Å²) < 4.78 is 26.2. The van der Waals surface area contributed by atoms with Crippen LogP contribution in [0.2, 0.25) is 0 Å². The molecule has 1 heterocycles. The van der Waals surface area contributed by atoms with Crippen molar-refractivity contribution in [2.75, 3.05) is 19.6 Å². The second-order valence-electron chi connectivity index (χ2n) is 5.70. The van der Waals surface area contributed by atoms with E-state index >= 15 is 0 Å². The summed E-state index contributed by atoms with van der Waals surface area (Å²) in [6.45, 7) is 7.77. The Balaban J connectivity index is 2.31. The van der Waals surface area contributed by atoms with Crippen molar-refractivity contribution < 1.29 is 8.42 Å². The highest BCUT2D eigenvalue weighted by molar-refractivity contribution is 7.90. The van der Waals surface area contributed by atoms with E-state index in [2.05, 4.69) is 5.32 Å². The molecule has 5 heteroatoms. The molecule has 1 saturated heterocycles. The van der Waals surface area contributed by atoms with Crippen LogP contribution in [0, 0.1) is 6.92 Å². The third kappa shape index (κ3) is 2.83. The first kappa shape index (κ1) is 14.5. The van der Waals surface area contributed by atoms with Crippen LogP contribution in [-0.4, -0.2) is 37.1 Å². The lowest BCUT2D eigenvalue weighted by Gasteiger charge is -2.29. The Kier molecular flexibility index (Phi) is 3.99. The summed E-state index contributed by atoms with van der Waals surface area (Å²) >= 11 is 0. The summed E-state index contributed by atoms with van der Waals surface area (Å²) in [5.74, 6) is 0. The van der Waals surface area contributed by atoms with E-state index in [-0.39, 0.29) is 0 Å². The topological polar surface area (TPSA) is 49.4 Å². The Morgan fingerprint density at radius 3 is 2.68 bits per heavy atom. The van der Waals surface area contributed by atoms with Gasteiger partial charge in [-0.2, -0.15) is 4.31 Å². The van der Waals surface area contributed by atoms with E-state index in [1.807, 2.05) is 31.2 Å². The average Bonchev–Trinajstić information content (AvgIpc) is 2.43. The second kappa shape index (κ2) is 5.23. The molecule has 0 unspecified atom stereocenters. The van der Waals surface area contributed by atoms with E-state index in [0.29, 0.717) is 26.2 Å². The van der Waals surface area contributed by atoms with Crippen LogP contribution in [0.4, 0.5) is 0 Å². The fraction of sp³-hybridized carbons (Fsp3) is 0.571. The number of rotatable bonds is 2. The van der Waals surface area contributed by atoms with Crippen LogP contribution < -0.4 is 5.32 Å². The van der Waals surface area contributed by atoms with Gasteiger partial charge in [0.1, 0.15) is 0 Å². The largest absolute Gasteiger partial charge is 0.314 e. The molecule has 1 aliphatic heterocycles. The Bertz CT molecular complexity index is 552. The predicted molar refractivity (Wildman–Crippen MR) is 77.5 cm³/mol. The molecular weight excluding hydrogens is 260 g/mol. The van der Waals surface area contributed by atoms with Crippen molar-refractivity contribution in [2.24, 2.45) is 0 Å². The highest BCUT2D eigenvalue weighted by Gasteiger charge is 2.40. The van der Waals surface area contributed by atoms with Gasteiger partial charge < -0.3 is 5.32 Å². The van der Waals surface area contributed by atoms with Gasteiger partial charge in [-0.15, -0.1) is 0 Å². The van der Waals surface area contributed by atoms with Crippen LogP contribution in [-0.2, 0) is 16.6 Å². The van der Waals surface area contributed by atoms with Gasteiger partial charge in [0.2, 0.25) is 10.0 Å². The lowest BCUT2D eigenvalue weighted by molar-refractivity contribution is 0.406. The molecule has 1 fully saturated rings. The number of aryl methyl sites for hydroxylation is 1. The van der Waals surface area contributed by atoms with Crippen molar-refractivity contribution in [1.82, 2.24) is 9.62 Å². The van der Waals surface area contributed by atoms with Crippen molar-refractivity contribution in [1.29, 1.82) is 0 Å². The van der Waals surface area contributed by atoms with Gasteiger partial charge in [0.05, 0.1) is 4.75 Å². The van der Waals surface area contributed by atoms with Gasteiger partial charge in [-0.25, -0.2) is 8.42 Å². The molecular formula is C14H22N2O2S. The molecule has 0 aromatic heterocycles. The highest BCUT2D eigenvalue weighted by Crippen LogP contribution is 2.24. The van der Waals surface area contributed by atoms with E-state index < -0.39 is 14.8 Å². The molecule has 0 spiro atoms. The zero-order valence-corrected chi connectivity index (χ0v) is 12.6. The lowest BCUT2D eigenvalue weighted by Crippen LogP contribution is -2.46. The number of nitrogens with zero attached hydrogens (tertiary/aromatic N) is 1. The van der Waals surface area contributed by atoms with Gasteiger partial charge in [-0.3, -0.25) is 0 Å². The van der Waals surface area contributed by atoms with Crippen LogP contribution in [0.5, 0.6) is 0 Å². The smallest absolute Gasteiger partial charge is 0.220 e. The molecule has 1 aliphatic rings. The summed E-state index contributed by atoms with van der Waals surface area (Å²) in [6.07, 6.45) is 0. The van der Waals surface area contributed by atoms with Gasteiger partial charge in [0.25, 0.3) is 0 Å². The third-order valence-electron chi connectivity index (χ3n) is 3.73. The summed E-state index contributed by atoms with van der Waals surface area (Å²) in [5, 5.41) is 3.20. The molecule has 2 rings (SSSR count). The quantitative estimate of drug-likeness (QED) is 0.894. The summed E-state index contributed by atoms with van der Waals surface area (Å²) in [5.41, 5.74) is 2.21. The van der Waals surface area contributed by atoms with Crippen LogP contribution in [0.15, 0.2) is 24.3 Å². The molecule has 19 heavy (non-hydrogen) atoms. The number of nitrogens with one attached hydrogen (secondary N) is 1. The van der Waals surface area contributed by atoms with Gasteiger partial charge >= 0.3 is 0 Å². The Morgan fingerprint density at radius 2 is 2.00 bits per heavy atom. The lowest BCUT2D eigenvalue weighted by atomic mass is 10.1. The van der Waals surface area contributed by atoms with Crippen molar-refractivity contribution >= 4 is 10.0 Å². The summed E-state index contributed by atoms with van der Waals surface area (Å²) in [6, 6.07) is 7.94. The predicted octanol–water partition coefficient (Wildman–Crippen LogP) is 1.51. The molecule has 0 amide bonds. The van der Waals surface area contributed by atoms with E-state index in [4.69, 9.17) is 0 Å². The summed E-state index contributed by atoms with van der Waals surface area (Å²) in [7, 11) is -3.28. The maximum atomic E-state index is 12.7. The van der Waals surface area contributed by atoms with E-state index in [9.17, 15) is 8.42 Å². The van der Waals surface area contributed by atoms with Gasteiger partial charge in [0.15, 0.2) is 0 Å². The molecule has 106 valence electrons. The summed E-state index contributed by atoms with van der Waals surface area (Å²) in [4.78, 5) is 0. The third-order valence-corrected chi connectivity index (χ3v) is 6.27. The number of hydrogen-bond acceptors (Lipinski definition) is 3. The van der Waals surface area contributed by atoms with E-state index in [1.54, 1.807) is 18.2 Å². The minimum absolute atomic E-state index is 0.458. The van der Waals surface area contributed by atoms with Gasteiger partial charge in [-0.05, 0) is 31.9 Å². The number of hydrogen-bond donors (Lipinski definition) is 1. The molecule has 1 aromatic carbocycles.